The molecule has 0 saturated carbocycles. The average molecular weight is 237 g/mol. The second-order valence-electron chi connectivity index (χ2n) is 4.66. The smallest absolute Gasteiger partial charge is 0.122 e. The maximum Gasteiger partial charge on any atom is 0.122 e. The maximum absolute atomic E-state index is 6.05. The summed E-state index contributed by atoms with van der Waals surface area (Å²) in [5.74, 6) is 0.899. The molecule has 0 saturated heterocycles. The molecule has 3 nitrogen and oxygen atoms in total. The Morgan fingerprint density at radius 1 is 1.29 bits per heavy atom. The van der Waals surface area contributed by atoms with Gasteiger partial charge in [-0.15, -0.1) is 0 Å². The van der Waals surface area contributed by atoms with Crippen molar-refractivity contribution in [1.82, 2.24) is 0 Å². The minimum Gasteiger partial charge on any atom is -0.496 e. The van der Waals surface area contributed by atoms with Crippen LogP contribution in [0.1, 0.15) is 25.0 Å². The lowest BCUT2D eigenvalue weighted by atomic mass is 10.0. The van der Waals surface area contributed by atoms with Crippen molar-refractivity contribution in [3.63, 3.8) is 0 Å². The molecule has 0 aromatic heterocycles. The summed E-state index contributed by atoms with van der Waals surface area (Å²) in [4.78, 5) is 0. The fraction of sp³-hybridized carbons (Fsp3) is 0.571. The van der Waals surface area contributed by atoms with Gasteiger partial charge in [0, 0.05) is 6.04 Å². The van der Waals surface area contributed by atoms with E-state index in [9.17, 15) is 0 Å². The van der Waals surface area contributed by atoms with Crippen LogP contribution in [0, 0.1) is 6.92 Å². The number of methoxy groups -OCH3 is 1. The zero-order valence-electron chi connectivity index (χ0n) is 11.2. The first-order valence-corrected chi connectivity index (χ1v) is 6.03. The molecule has 1 unspecified atom stereocenters. The Morgan fingerprint density at radius 2 is 2.00 bits per heavy atom. The molecule has 0 amide bonds. The molecule has 1 aromatic carbocycles. The van der Waals surface area contributed by atoms with Crippen LogP contribution in [0.25, 0.3) is 0 Å². The van der Waals surface area contributed by atoms with E-state index in [1.165, 1.54) is 5.56 Å². The quantitative estimate of drug-likeness (QED) is 0.825. The summed E-state index contributed by atoms with van der Waals surface area (Å²) in [6.07, 6.45) is 0.998. The molecular weight excluding hydrogens is 214 g/mol. The van der Waals surface area contributed by atoms with Crippen molar-refractivity contribution in [2.75, 3.05) is 13.7 Å². The van der Waals surface area contributed by atoms with Gasteiger partial charge in [0.25, 0.3) is 0 Å². The molecule has 0 aliphatic rings. The van der Waals surface area contributed by atoms with Crippen LogP contribution in [0.5, 0.6) is 5.75 Å². The van der Waals surface area contributed by atoms with E-state index < -0.39 is 0 Å². The van der Waals surface area contributed by atoms with E-state index in [4.69, 9.17) is 15.2 Å². The van der Waals surface area contributed by atoms with Gasteiger partial charge < -0.3 is 15.2 Å². The Morgan fingerprint density at radius 3 is 2.59 bits per heavy atom. The van der Waals surface area contributed by atoms with Crippen LogP contribution in [0.15, 0.2) is 18.2 Å². The summed E-state index contributed by atoms with van der Waals surface area (Å²) >= 11 is 0. The zero-order valence-corrected chi connectivity index (χ0v) is 11.2. The molecule has 96 valence electrons. The lowest BCUT2D eigenvalue weighted by Crippen LogP contribution is -2.30. The number of hydrogen-bond acceptors (Lipinski definition) is 3. The van der Waals surface area contributed by atoms with Gasteiger partial charge in [-0.05, 0) is 38.8 Å². The fourth-order valence-corrected chi connectivity index (χ4v) is 1.72. The Balaban J connectivity index is 2.63. The van der Waals surface area contributed by atoms with E-state index >= 15 is 0 Å². The number of aryl methyl sites for hydroxylation is 1. The summed E-state index contributed by atoms with van der Waals surface area (Å²) in [6, 6.07) is 6.15. The van der Waals surface area contributed by atoms with Gasteiger partial charge in [-0.2, -0.15) is 0 Å². The molecule has 17 heavy (non-hydrogen) atoms. The minimum atomic E-state index is 0.00750. The molecule has 0 aliphatic carbocycles. The van der Waals surface area contributed by atoms with Crippen LogP contribution in [0.4, 0.5) is 0 Å². The lowest BCUT2D eigenvalue weighted by Gasteiger charge is -2.16. The van der Waals surface area contributed by atoms with Crippen molar-refractivity contribution >= 4 is 0 Å². The molecular formula is C14H23NO2. The van der Waals surface area contributed by atoms with E-state index in [0.717, 1.165) is 17.7 Å². The van der Waals surface area contributed by atoms with Crippen molar-refractivity contribution in [3.8, 4) is 5.75 Å². The van der Waals surface area contributed by atoms with Gasteiger partial charge in [-0.3, -0.25) is 0 Å². The molecule has 0 fully saturated rings. The Kier molecular flexibility index (Phi) is 5.45. The third-order valence-electron chi connectivity index (χ3n) is 2.56. The highest BCUT2D eigenvalue weighted by atomic mass is 16.5. The minimum absolute atomic E-state index is 0.00750. The number of ether oxygens (including phenoxy) is 2. The van der Waals surface area contributed by atoms with Crippen LogP contribution in [-0.2, 0) is 11.2 Å². The topological polar surface area (TPSA) is 44.5 Å². The predicted molar refractivity (Wildman–Crippen MR) is 70.5 cm³/mol. The molecule has 1 rings (SSSR count). The van der Waals surface area contributed by atoms with Gasteiger partial charge in [0.1, 0.15) is 5.75 Å². The molecule has 0 radical (unpaired) electrons. The molecule has 0 spiro atoms. The van der Waals surface area contributed by atoms with E-state index in [0.29, 0.717) is 6.61 Å². The van der Waals surface area contributed by atoms with Crippen LogP contribution in [0.3, 0.4) is 0 Å². The molecule has 3 heteroatoms. The van der Waals surface area contributed by atoms with Crippen molar-refractivity contribution in [2.45, 2.75) is 39.3 Å². The molecule has 1 atom stereocenters. The van der Waals surface area contributed by atoms with Crippen molar-refractivity contribution in [1.29, 1.82) is 0 Å². The van der Waals surface area contributed by atoms with Gasteiger partial charge in [0.05, 0.1) is 19.8 Å². The second-order valence-corrected chi connectivity index (χ2v) is 4.66. The number of rotatable bonds is 6. The van der Waals surface area contributed by atoms with Crippen molar-refractivity contribution < 1.29 is 9.47 Å². The van der Waals surface area contributed by atoms with Gasteiger partial charge in [-0.25, -0.2) is 0 Å². The summed E-state index contributed by atoms with van der Waals surface area (Å²) < 4.78 is 10.8. The normalized spacial score (nSPS) is 12.8. The fourth-order valence-electron chi connectivity index (χ4n) is 1.72. The van der Waals surface area contributed by atoms with Gasteiger partial charge >= 0.3 is 0 Å². The van der Waals surface area contributed by atoms with Gasteiger partial charge in [0.2, 0.25) is 0 Å². The van der Waals surface area contributed by atoms with Crippen LogP contribution in [-0.4, -0.2) is 25.9 Å². The first kappa shape index (κ1) is 14.0. The highest BCUT2D eigenvalue weighted by molar-refractivity contribution is 5.37. The lowest BCUT2D eigenvalue weighted by molar-refractivity contribution is 0.0683. The highest BCUT2D eigenvalue weighted by Gasteiger charge is 2.10. The SMILES string of the molecule is COc1ccc(C)cc1CC(N)COC(C)C. The summed E-state index contributed by atoms with van der Waals surface area (Å²) in [5, 5.41) is 0. The van der Waals surface area contributed by atoms with Crippen LogP contribution >= 0.6 is 0 Å². The Bertz CT molecular complexity index is 350. The third kappa shape index (κ3) is 4.75. The first-order valence-electron chi connectivity index (χ1n) is 6.03. The molecule has 0 heterocycles. The summed E-state index contributed by atoms with van der Waals surface area (Å²) in [5.41, 5.74) is 8.41. The standard InChI is InChI=1S/C14H23NO2/c1-10(2)17-9-13(15)8-12-7-11(3)5-6-14(12)16-4/h5-7,10,13H,8-9,15H2,1-4H3. The van der Waals surface area contributed by atoms with Crippen LogP contribution < -0.4 is 10.5 Å². The highest BCUT2D eigenvalue weighted by Crippen LogP contribution is 2.20. The largest absolute Gasteiger partial charge is 0.496 e. The Hall–Kier alpha value is -1.06. The first-order chi connectivity index (χ1) is 8.02. The molecule has 2 N–H and O–H groups in total. The zero-order chi connectivity index (χ0) is 12.8. The number of hydrogen-bond donors (Lipinski definition) is 1. The van der Waals surface area contributed by atoms with Gasteiger partial charge in [-0.1, -0.05) is 17.7 Å². The van der Waals surface area contributed by atoms with Crippen molar-refractivity contribution in [3.05, 3.63) is 29.3 Å². The predicted octanol–water partition coefficient (Wildman–Crippen LogP) is 2.30. The molecule has 1 aromatic rings. The van der Waals surface area contributed by atoms with Crippen LogP contribution in [0.2, 0.25) is 0 Å². The van der Waals surface area contributed by atoms with Gasteiger partial charge in [0.15, 0.2) is 0 Å². The molecule has 0 bridgehead atoms. The number of nitrogens with two attached hydrogens (primary N) is 1. The average Bonchev–Trinajstić information content (AvgIpc) is 2.27. The van der Waals surface area contributed by atoms with E-state index in [1.54, 1.807) is 7.11 Å². The number of benzene rings is 1. The maximum atomic E-state index is 6.05. The summed E-state index contributed by atoms with van der Waals surface area (Å²) in [7, 11) is 1.68. The van der Waals surface area contributed by atoms with Crippen molar-refractivity contribution in [2.24, 2.45) is 5.73 Å². The Labute approximate surface area is 104 Å². The third-order valence-corrected chi connectivity index (χ3v) is 2.56. The monoisotopic (exact) mass is 237 g/mol. The van der Waals surface area contributed by atoms with E-state index in [1.807, 2.05) is 26.0 Å². The molecule has 0 aliphatic heterocycles. The second kappa shape index (κ2) is 6.62. The van der Waals surface area contributed by atoms with E-state index in [-0.39, 0.29) is 12.1 Å². The summed E-state index contributed by atoms with van der Waals surface area (Å²) in [6.45, 7) is 6.67. The van der Waals surface area contributed by atoms with E-state index in [2.05, 4.69) is 13.0 Å².